The van der Waals surface area contributed by atoms with Gasteiger partial charge in [0.05, 0.1) is 24.2 Å². The fraction of sp³-hybridized carbons (Fsp3) is 0.429. The number of esters is 2. The number of hydrogen-bond acceptors (Lipinski definition) is 8. The first-order valence-corrected chi connectivity index (χ1v) is 6.83. The molecule has 0 aliphatic rings. The van der Waals surface area contributed by atoms with Crippen molar-refractivity contribution in [3.05, 3.63) is 28.3 Å². The summed E-state index contributed by atoms with van der Waals surface area (Å²) in [4.78, 5) is 32.8. The number of non-ortho nitro benzene ring substituents is 1. The first kappa shape index (κ1) is 18.2. The molecule has 0 aromatic heterocycles. The van der Waals surface area contributed by atoms with Crippen molar-refractivity contribution in [3.63, 3.8) is 0 Å². The van der Waals surface area contributed by atoms with Crippen molar-refractivity contribution in [1.82, 2.24) is 0 Å². The lowest BCUT2D eigenvalue weighted by Gasteiger charge is -2.12. The van der Waals surface area contributed by atoms with Gasteiger partial charge in [0, 0.05) is 6.07 Å². The smallest absolute Gasteiger partial charge is 0.344 e. The minimum atomic E-state index is -0.629. The molecular formula is C14H17NO8. The zero-order chi connectivity index (χ0) is 17.2. The second kappa shape index (κ2) is 9.23. The zero-order valence-electron chi connectivity index (χ0n) is 12.8. The summed E-state index contributed by atoms with van der Waals surface area (Å²) in [6.45, 7) is 2.85. The third-order valence-electron chi connectivity index (χ3n) is 2.44. The Labute approximate surface area is 132 Å². The van der Waals surface area contributed by atoms with Crippen LogP contribution in [0.2, 0.25) is 0 Å². The lowest BCUT2D eigenvalue weighted by Crippen LogP contribution is -2.17. The third-order valence-corrected chi connectivity index (χ3v) is 2.44. The summed E-state index contributed by atoms with van der Waals surface area (Å²) in [5, 5.41) is 10.8. The van der Waals surface area contributed by atoms with E-state index < -0.39 is 23.5 Å². The third kappa shape index (κ3) is 6.20. The Morgan fingerprint density at radius 1 is 1.00 bits per heavy atom. The van der Waals surface area contributed by atoms with Gasteiger partial charge in [-0.05, 0) is 19.9 Å². The Bertz CT molecular complexity index is 572. The molecular weight excluding hydrogens is 310 g/mol. The number of carbonyl (C=O) groups excluding carboxylic acids is 2. The SMILES string of the molecule is CCOC(=O)COc1ccc([N+](=O)[O-])cc1OCC(=O)OCC. The van der Waals surface area contributed by atoms with Crippen LogP contribution in [0.1, 0.15) is 13.8 Å². The van der Waals surface area contributed by atoms with Crippen molar-refractivity contribution in [2.24, 2.45) is 0 Å². The first-order valence-electron chi connectivity index (χ1n) is 6.83. The molecule has 1 rings (SSSR count). The van der Waals surface area contributed by atoms with Gasteiger partial charge >= 0.3 is 11.9 Å². The fourth-order valence-corrected chi connectivity index (χ4v) is 1.52. The van der Waals surface area contributed by atoms with E-state index in [0.717, 1.165) is 6.07 Å². The Balaban J connectivity index is 2.83. The molecule has 0 heterocycles. The highest BCUT2D eigenvalue weighted by Gasteiger charge is 2.16. The fourth-order valence-electron chi connectivity index (χ4n) is 1.52. The van der Waals surface area contributed by atoms with Gasteiger partial charge in [-0.15, -0.1) is 0 Å². The van der Waals surface area contributed by atoms with Gasteiger partial charge in [-0.3, -0.25) is 10.1 Å². The van der Waals surface area contributed by atoms with Crippen molar-refractivity contribution >= 4 is 17.6 Å². The molecule has 0 saturated carbocycles. The van der Waals surface area contributed by atoms with Crippen LogP contribution in [0.4, 0.5) is 5.69 Å². The quantitative estimate of drug-likeness (QED) is 0.380. The molecule has 0 saturated heterocycles. The van der Waals surface area contributed by atoms with Crippen molar-refractivity contribution < 1.29 is 33.5 Å². The van der Waals surface area contributed by atoms with E-state index in [1.54, 1.807) is 13.8 Å². The summed E-state index contributed by atoms with van der Waals surface area (Å²) in [6, 6.07) is 3.56. The highest BCUT2D eigenvalue weighted by molar-refractivity contribution is 5.72. The number of ether oxygens (including phenoxy) is 4. The van der Waals surface area contributed by atoms with Crippen molar-refractivity contribution in [1.29, 1.82) is 0 Å². The van der Waals surface area contributed by atoms with E-state index in [1.165, 1.54) is 12.1 Å². The number of benzene rings is 1. The van der Waals surface area contributed by atoms with Crippen LogP contribution in [0, 0.1) is 10.1 Å². The normalized spacial score (nSPS) is 9.83. The number of nitro groups is 1. The number of nitrogens with zero attached hydrogens (tertiary/aromatic N) is 1. The lowest BCUT2D eigenvalue weighted by atomic mass is 10.3. The van der Waals surface area contributed by atoms with E-state index in [0.29, 0.717) is 0 Å². The largest absolute Gasteiger partial charge is 0.478 e. The van der Waals surface area contributed by atoms with Gasteiger partial charge in [0.2, 0.25) is 0 Å². The standard InChI is InChI=1S/C14H17NO8/c1-3-20-13(16)8-22-11-6-5-10(15(18)19)7-12(11)23-9-14(17)21-4-2/h5-7H,3-4,8-9H2,1-2H3. The molecule has 23 heavy (non-hydrogen) atoms. The predicted molar refractivity (Wildman–Crippen MR) is 77.4 cm³/mol. The molecule has 1 aromatic carbocycles. The number of rotatable bonds is 9. The molecule has 0 aliphatic carbocycles. The maximum Gasteiger partial charge on any atom is 0.344 e. The molecule has 0 aliphatic heterocycles. The average Bonchev–Trinajstić information content (AvgIpc) is 2.51. The van der Waals surface area contributed by atoms with Crippen LogP contribution in [-0.4, -0.2) is 43.3 Å². The Kier molecular flexibility index (Phi) is 7.31. The average molecular weight is 327 g/mol. The second-order valence-electron chi connectivity index (χ2n) is 4.08. The molecule has 0 unspecified atom stereocenters. The van der Waals surface area contributed by atoms with Gasteiger partial charge < -0.3 is 18.9 Å². The maximum atomic E-state index is 11.3. The number of carbonyl (C=O) groups is 2. The van der Waals surface area contributed by atoms with Gasteiger partial charge in [-0.2, -0.15) is 0 Å². The van der Waals surface area contributed by atoms with Gasteiger partial charge in [0.15, 0.2) is 24.7 Å². The molecule has 0 atom stereocenters. The van der Waals surface area contributed by atoms with Gasteiger partial charge in [0.1, 0.15) is 0 Å². The van der Waals surface area contributed by atoms with E-state index in [2.05, 4.69) is 0 Å². The summed E-state index contributed by atoms with van der Waals surface area (Å²) in [5.74, 6) is -1.19. The van der Waals surface area contributed by atoms with Crippen LogP contribution in [0.25, 0.3) is 0 Å². The summed E-state index contributed by atoms with van der Waals surface area (Å²) in [7, 11) is 0. The molecule has 0 radical (unpaired) electrons. The predicted octanol–water partition coefficient (Wildman–Crippen LogP) is 1.48. The molecule has 0 spiro atoms. The van der Waals surface area contributed by atoms with Crippen molar-refractivity contribution in [2.45, 2.75) is 13.8 Å². The molecule has 126 valence electrons. The highest BCUT2D eigenvalue weighted by Crippen LogP contribution is 2.31. The van der Waals surface area contributed by atoms with E-state index in [-0.39, 0.29) is 37.0 Å². The Morgan fingerprint density at radius 3 is 2.00 bits per heavy atom. The minimum absolute atomic E-state index is 0.0449. The molecule has 0 bridgehead atoms. The Morgan fingerprint density at radius 2 is 1.52 bits per heavy atom. The van der Waals surface area contributed by atoms with Crippen LogP contribution >= 0.6 is 0 Å². The van der Waals surface area contributed by atoms with Gasteiger partial charge in [-0.1, -0.05) is 0 Å². The molecule has 9 nitrogen and oxygen atoms in total. The topological polar surface area (TPSA) is 114 Å². The van der Waals surface area contributed by atoms with Gasteiger partial charge in [-0.25, -0.2) is 9.59 Å². The minimum Gasteiger partial charge on any atom is -0.478 e. The van der Waals surface area contributed by atoms with E-state index in [4.69, 9.17) is 18.9 Å². The summed E-state index contributed by atoms with van der Waals surface area (Å²) in [5.41, 5.74) is -0.243. The summed E-state index contributed by atoms with van der Waals surface area (Å²) >= 11 is 0. The van der Waals surface area contributed by atoms with Crippen molar-refractivity contribution in [2.75, 3.05) is 26.4 Å². The van der Waals surface area contributed by atoms with Gasteiger partial charge in [0.25, 0.3) is 5.69 Å². The second-order valence-corrected chi connectivity index (χ2v) is 4.08. The monoisotopic (exact) mass is 327 g/mol. The van der Waals surface area contributed by atoms with E-state index in [1.807, 2.05) is 0 Å². The number of nitro benzene ring substituents is 1. The lowest BCUT2D eigenvalue weighted by molar-refractivity contribution is -0.385. The molecule has 0 N–H and O–H groups in total. The van der Waals surface area contributed by atoms with Crippen molar-refractivity contribution in [3.8, 4) is 11.5 Å². The van der Waals surface area contributed by atoms with E-state index in [9.17, 15) is 19.7 Å². The molecule has 0 amide bonds. The molecule has 9 heteroatoms. The molecule has 1 aromatic rings. The highest BCUT2D eigenvalue weighted by atomic mass is 16.6. The van der Waals surface area contributed by atoms with E-state index >= 15 is 0 Å². The summed E-state index contributed by atoms with van der Waals surface area (Å²) < 4.78 is 19.8. The van der Waals surface area contributed by atoms with Crippen LogP contribution in [-0.2, 0) is 19.1 Å². The maximum absolute atomic E-state index is 11.3. The van der Waals surface area contributed by atoms with Crippen LogP contribution in [0.5, 0.6) is 11.5 Å². The van der Waals surface area contributed by atoms with Crippen LogP contribution in [0.15, 0.2) is 18.2 Å². The Hall–Kier alpha value is -2.84. The number of hydrogen-bond donors (Lipinski definition) is 0. The summed E-state index contributed by atoms with van der Waals surface area (Å²) in [6.07, 6.45) is 0. The zero-order valence-corrected chi connectivity index (χ0v) is 12.8. The van der Waals surface area contributed by atoms with Crippen LogP contribution in [0.3, 0.4) is 0 Å². The molecule has 0 fully saturated rings. The van der Waals surface area contributed by atoms with Crippen LogP contribution < -0.4 is 9.47 Å². The first-order chi connectivity index (χ1) is 11.0.